The molecule has 2 aliphatic heterocycles. The zero-order valence-electron chi connectivity index (χ0n) is 21.5. The average Bonchev–Trinajstić information content (AvgIpc) is 3.13. The lowest BCUT2D eigenvalue weighted by Crippen LogP contribution is -2.38. The van der Waals surface area contributed by atoms with E-state index in [0.29, 0.717) is 28.8 Å². The summed E-state index contributed by atoms with van der Waals surface area (Å²) in [6.07, 6.45) is 0.812. The largest absolute Gasteiger partial charge is 0.491 e. The van der Waals surface area contributed by atoms with Gasteiger partial charge in [0.05, 0.1) is 36.3 Å². The lowest BCUT2D eigenvalue weighted by atomic mass is 9.97. The molecule has 36 heavy (non-hydrogen) atoms. The van der Waals surface area contributed by atoms with Gasteiger partial charge in [-0.2, -0.15) is 0 Å². The van der Waals surface area contributed by atoms with Crippen LogP contribution in [0.3, 0.4) is 0 Å². The van der Waals surface area contributed by atoms with Crippen molar-refractivity contribution in [1.82, 2.24) is 9.80 Å². The minimum atomic E-state index is -0.518. The number of carbonyl (C=O) groups excluding carboxylic acids is 1. The number of aryl methyl sites for hydroxylation is 2. The van der Waals surface area contributed by atoms with Crippen molar-refractivity contribution in [2.24, 2.45) is 0 Å². The van der Waals surface area contributed by atoms with Gasteiger partial charge in [-0.05, 0) is 75.1 Å². The van der Waals surface area contributed by atoms with Crippen LogP contribution in [0.15, 0.2) is 45.6 Å². The summed E-state index contributed by atoms with van der Waals surface area (Å²) in [4.78, 5) is 31.7. The summed E-state index contributed by atoms with van der Waals surface area (Å²) in [6, 6.07) is 10.9. The first-order chi connectivity index (χ1) is 17.3. The van der Waals surface area contributed by atoms with Crippen LogP contribution in [0.4, 0.5) is 0 Å². The minimum Gasteiger partial charge on any atom is -0.491 e. The third-order valence-electron chi connectivity index (χ3n) is 7.10. The van der Waals surface area contributed by atoms with Crippen LogP contribution in [0.5, 0.6) is 5.75 Å². The molecule has 5 rings (SSSR count). The summed E-state index contributed by atoms with van der Waals surface area (Å²) in [5, 5.41) is 0.513. The first-order valence-electron chi connectivity index (χ1n) is 12.8. The third-order valence-corrected chi connectivity index (χ3v) is 7.10. The Balaban J connectivity index is 1.56. The Morgan fingerprint density at radius 2 is 1.78 bits per heavy atom. The molecule has 1 saturated heterocycles. The SMILES string of the molecule is Cc1cc2oc3c(c(=O)c2cc1C)C(c1cccc(OC(C)C)c1)N(CCCN1CCOCC1)C3=O. The third kappa shape index (κ3) is 4.65. The second kappa shape index (κ2) is 10.1. The van der Waals surface area contributed by atoms with E-state index >= 15 is 0 Å². The van der Waals surface area contributed by atoms with Crippen molar-refractivity contribution < 1.29 is 18.7 Å². The maximum atomic E-state index is 13.9. The molecule has 3 aromatic rings. The van der Waals surface area contributed by atoms with Gasteiger partial charge >= 0.3 is 0 Å². The molecule has 3 heterocycles. The van der Waals surface area contributed by atoms with Crippen LogP contribution in [-0.2, 0) is 4.74 Å². The Morgan fingerprint density at radius 1 is 1.03 bits per heavy atom. The lowest BCUT2D eigenvalue weighted by molar-refractivity contribution is 0.0353. The highest BCUT2D eigenvalue weighted by atomic mass is 16.5. The Hall–Kier alpha value is -3.16. The van der Waals surface area contributed by atoms with Crippen LogP contribution in [0.25, 0.3) is 11.0 Å². The Bertz CT molecular complexity index is 1340. The molecule has 1 atom stereocenters. The fourth-order valence-corrected chi connectivity index (χ4v) is 5.17. The second-order valence-corrected chi connectivity index (χ2v) is 10.1. The van der Waals surface area contributed by atoms with Crippen molar-refractivity contribution in [2.75, 3.05) is 39.4 Å². The summed E-state index contributed by atoms with van der Waals surface area (Å²) in [7, 11) is 0. The highest BCUT2D eigenvalue weighted by Gasteiger charge is 2.42. The van der Waals surface area contributed by atoms with Gasteiger partial charge in [-0.25, -0.2) is 0 Å². The predicted octanol–water partition coefficient (Wildman–Crippen LogP) is 4.46. The highest BCUT2D eigenvalue weighted by Crippen LogP contribution is 2.39. The second-order valence-electron chi connectivity index (χ2n) is 10.1. The van der Waals surface area contributed by atoms with Gasteiger partial charge in [0.25, 0.3) is 5.91 Å². The van der Waals surface area contributed by atoms with E-state index in [-0.39, 0.29) is 23.2 Å². The molecule has 0 radical (unpaired) electrons. The fourth-order valence-electron chi connectivity index (χ4n) is 5.17. The van der Waals surface area contributed by atoms with Gasteiger partial charge in [-0.1, -0.05) is 12.1 Å². The number of rotatable bonds is 7. The van der Waals surface area contributed by atoms with Crippen molar-refractivity contribution in [2.45, 2.75) is 46.3 Å². The van der Waals surface area contributed by atoms with E-state index in [4.69, 9.17) is 13.9 Å². The molecule has 1 aromatic heterocycles. The Morgan fingerprint density at radius 3 is 2.53 bits per heavy atom. The number of carbonyl (C=O) groups is 1. The number of ether oxygens (including phenoxy) is 2. The summed E-state index contributed by atoms with van der Waals surface area (Å²) in [5.74, 6) is 0.639. The normalized spacial score (nSPS) is 18.3. The monoisotopic (exact) mass is 490 g/mol. The summed E-state index contributed by atoms with van der Waals surface area (Å²) in [5.41, 5.74) is 3.63. The number of amides is 1. The van der Waals surface area contributed by atoms with Gasteiger partial charge in [0, 0.05) is 26.2 Å². The van der Waals surface area contributed by atoms with Crippen LogP contribution < -0.4 is 10.2 Å². The first kappa shape index (κ1) is 24.5. The van der Waals surface area contributed by atoms with Crippen LogP contribution in [-0.4, -0.2) is 61.2 Å². The van der Waals surface area contributed by atoms with Crippen molar-refractivity contribution in [1.29, 1.82) is 0 Å². The molecule has 7 heteroatoms. The van der Waals surface area contributed by atoms with E-state index in [9.17, 15) is 9.59 Å². The predicted molar refractivity (Wildman–Crippen MR) is 139 cm³/mol. The molecule has 2 aromatic carbocycles. The fraction of sp³-hybridized carbons (Fsp3) is 0.448. The summed E-state index contributed by atoms with van der Waals surface area (Å²) in [6.45, 7) is 12.6. The standard InChI is InChI=1S/C29H34N2O5/c1-18(2)35-22-8-5-7-21(17-22)26-25-27(32)23-15-19(3)20(4)16-24(23)36-28(25)29(33)31(26)10-6-9-30-11-13-34-14-12-30/h5,7-8,15-18,26H,6,9-14H2,1-4H3. The zero-order valence-corrected chi connectivity index (χ0v) is 21.5. The number of hydrogen-bond donors (Lipinski definition) is 0. The molecule has 0 bridgehead atoms. The van der Waals surface area contributed by atoms with Crippen molar-refractivity contribution >= 4 is 16.9 Å². The van der Waals surface area contributed by atoms with Gasteiger partial charge in [0.15, 0.2) is 5.43 Å². The van der Waals surface area contributed by atoms with E-state index in [0.717, 1.165) is 56.0 Å². The molecule has 0 aliphatic carbocycles. The molecule has 190 valence electrons. The molecular formula is C29H34N2O5. The van der Waals surface area contributed by atoms with Crippen LogP contribution >= 0.6 is 0 Å². The molecule has 1 fully saturated rings. The van der Waals surface area contributed by atoms with Crippen LogP contribution in [0, 0.1) is 13.8 Å². The molecular weight excluding hydrogens is 456 g/mol. The van der Waals surface area contributed by atoms with Gasteiger partial charge < -0.3 is 18.8 Å². The Kier molecular flexibility index (Phi) is 6.86. The molecule has 7 nitrogen and oxygen atoms in total. The average molecular weight is 491 g/mol. The first-order valence-corrected chi connectivity index (χ1v) is 12.8. The molecule has 2 aliphatic rings. The lowest BCUT2D eigenvalue weighted by Gasteiger charge is -2.29. The molecule has 1 amide bonds. The smallest absolute Gasteiger partial charge is 0.290 e. The van der Waals surface area contributed by atoms with Gasteiger partial charge in [0.1, 0.15) is 11.3 Å². The number of morpholine rings is 1. The molecule has 0 spiro atoms. The minimum absolute atomic E-state index is 0.0163. The van der Waals surface area contributed by atoms with Crippen molar-refractivity contribution in [3.63, 3.8) is 0 Å². The van der Waals surface area contributed by atoms with Crippen LogP contribution in [0.1, 0.15) is 59.1 Å². The van der Waals surface area contributed by atoms with E-state index < -0.39 is 6.04 Å². The topological polar surface area (TPSA) is 72.2 Å². The van der Waals surface area contributed by atoms with E-state index in [1.165, 1.54) is 0 Å². The van der Waals surface area contributed by atoms with E-state index in [2.05, 4.69) is 4.90 Å². The zero-order chi connectivity index (χ0) is 25.4. The van der Waals surface area contributed by atoms with E-state index in [1.807, 2.05) is 64.1 Å². The molecule has 1 unspecified atom stereocenters. The maximum Gasteiger partial charge on any atom is 0.290 e. The number of hydrogen-bond acceptors (Lipinski definition) is 6. The number of benzene rings is 2. The molecule has 0 N–H and O–H groups in total. The Labute approximate surface area is 211 Å². The number of nitrogens with zero attached hydrogens (tertiary/aromatic N) is 2. The van der Waals surface area contributed by atoms with Gasteiger partial charge in [0.2, 0.25) is 5.76 Å². The van der Waals surface area contributed by atoms with Gasteiger partial charge in [-0.3, -0.25) is 14.5 Å². The number of fused-ring (bicyclic) bond motifs is 2. The molecule has 0 saturated carbocycles. The van der Waals surface area contributed by atoms with Crippen molar-refractivity contribution in [3.8, 4) is 5.75 Å². The maximum absolute atomic E-state index is 13.9. The van der Waals surface area contributed by atoms with Crippen LogP contribution in [0.2, 0.25) is 0 Å². The van der Waals surface area contributed by atoms with Crippen molar-refractivity contribution in [3.05, 3.63) is 74.6 Å². The highest BCUT2D eigenvalue weighted by molar-refractivity contribution is 5.99. The van der Waals surface area contributed by atoms with Gasteiger partial charge in [-0.15, -0.1) is 0 Å². The van der Waals surface area contributed by atoms with E-state index in [1.54, 1.807) is 4.90 Å². The summed E-state index contributed by atoms with van der Waals surface area (Å²) >= 11 is 0. The quantitative estimate of drug-likeness (QED) is 0.487. The summed E-state index contributed by atoms with van der Waals surface area (Å²) < 4.78 is 17.5.